The maximum absolute atomic E-state index is 12.1. The predicted molar refractivity (Wildman–Crippen MR) is 78.6 cm³/mol. The number of fused-ring (bicyclic) bond motifs is 1. The molecule has 0 radical (unpaired) electrons. The average Bonchev–Trinajstić information content (AvgIpc) is 2.69. The molecular weight excluding hydrogens is 298 g/mol. The normalized spacial score (nSPS) is 41.0. The maximum Gasteiger partial charge on any atom is 0.241 e. The van der Waals surface area contributed by atoms with Crippen molar-refractivity contribution >= 4 is 34.4 Å². The van der Waals surface area contributed by atoms with Crippen molar-refractivity contribution in [1.29, 1.82) is 0 Å². The lowest BCUT2D eigenvalue weighted by Crippen LogP contribution is -2.75. The molecule has 2 unspecified atom stereocenters. The molecule has 2 N–H and O–H groups in total. The number of hydrogen-bond donors (Lipinski definition) is 2. The van der Waals surface area contributed by atoms with Crippen LogP contribution in [0.3, 0.4) is 0 Å². The Labute approximate surface area is 127 Å². The van der Waals surface area contributed by atoms with Gasteiger partial charge in [-0.15, -0.1) is 11.6 Å². The molecule has 20 heavy (non-hydrogen) atoms. The van der Waals surface area contributed by atoms with E-state index in [1.165, 1.54) is 0 Å². The number of carbonyl (C=O) groups is 2. The lowest BCUT2D eigenvalue weighted by molar-refractivity contribution is -0.140. The Bertz CT molecular complexity index is 469. The van der Waals surface area contributed by atoms with Gasteiger partial charge in [0.2, 0.25) is 5.91 Å². The molecule has 1 aliphatic carbocycles. The first kappa shape index (κ1) is 14.4. The van der Waals surface area contributed by atoms with Gasteiger partial charge in [-0.05, 0) is 25.7 Å². The number of hydrogen-bond acceptors (Lipinski definition) is 4. The molecular formula is C14H18ClNO3S. The second-order valence-corrected chi connectivity index (χ2v) is 7.38. The third-order valence-electron chi connectivity index (χ3n) is 4.63. The van der Waals surface area contributed by atoms with Crippen LogP contribution in [0.5, 0.6) is 0 Å². The number of amides is 1. The van der Waals surface area contributed by atoms with Crippen LogP contribution in [0.2, 0.25) is 0 Å². The van der Waals surface area contributed by atoms with Crippen LogP contribution >= 0.6 is 23.4 Å². The van der Waals surface area contributed by atoms with E-state index in [1.807, 2.05) is 6.08 Å². The molecule has 4 nitrogen and oxygen atoms in total. The molecule has 1 amide bonds. The van der Waals surface area contributed by atoms with Crippen LogP contribution in [0, 0.1) is 11.8 Å². The summed E-state index contributed by atoms with van der Waals surface area (Å²) in [6, 6.07) is -0.267. The number of nitrogens with one attached hydrogen (secondary N) is 1. The van der Waals surface area contributed by atoms with Gasteiger partial charge >= 0.3 is 0 Å². The smallest absolute Gasteiger partial charge is 0.241 e. The van der Waals surface area contributed by atoms with Gasteiger partial charge in [0.1, 0.15) is 4.75 Å². The van der Waals surface area contributed by atoms with Gasteiger partial charge in [0, 0.05) is 11.8 Å². The second-order valence-electron chi connectivity index (χ2n) is 5.72. The Balaban J connectivity index is 1.86. The molecule has 2 heterocycles. The first-order chi connectivity index (χ1) is 9.61. The van der Waals surface area contributed by atoms with Crippen LogP contribution in [-0.2, 0) is 9.59 Å². The molecule has 6 heteroatoms. The van der Waals surface area contributed by atoms with E-state index in [4.69, 9.17) is 11.6 Å². The predicted octanol–water partition coefficient (Wildman–Crippen LogP) is 1.46. The highest BCUT2D eigenvalue weighted by Gasteiger charge is 2.70. The molecule has 2 fully saturated rings. The third-order valence-corrected chi connectivity index (χ3v) is 6.38. The minimum absolute atomic E-state index is 0.0205. The third kappa shape index (κ3) is 1.94. The van der Waals surface area contributed by atoms with Crippen LogP contribution in [0.1, 0.15) is 25.7 Å². The number of allylic oxidation sites excluding steroid dienone is 1. The summed E-state index contributed by atoms with van der Waals surface area (Å²) in [5.74, 6) is -0.118. The van der Waals surface area contributed by atoms with Crippen molar-refractivity contribution in [3.8, 4) is 0 Å². The number of halogens is 1. The minimum Gasteiger partial charge on any atom is -0.390 e. The zero-order valence-corrected chi connectivity index (χ0v) is 12.6. The van der Waals surface area contributed by atoms with Crippen LogP contribution in [0.15, 0.2) is 12.2 Å². The number of aliphatic hydroxyl groups is 1. The van der Waals surface area contributed by atoms with E-state index in [0.717, 1.165) is 31.0 Å². The summed E-state index contributed by atoms with van der Waals surface area (Å²) in [6.45, 7) is 0. The van der Waals surface area contributed by atoms with Crippen LogP contribution in [0.25, 0.3) is 0 Å². The standard InChI is InChI=1S/C14H18ClNO3S/c15-7-6-9-10-14(13(19)16-10,20-12(9)18)11(17)8-4-2-1-3-5-8/h2,4,8-11,17H,1,3,5-7H2,(H,16,19)/t8?,9?,10-,11-,14-/m0/s1. The van der Waals surface area contributed by atoms with E-state index >= 15 is 0 Å². The molecule has 0 aromatic rings. The van der Waals surface area contributed by atoms with E-state index in [9.17, 15) is 14.7 Å². The van der Waals surface area contributed by atoms with Gasteiger partial charge in [0.15, 0.2) is 5.12 Å². The van der Waals surface area contributed by atoms with Crippen molar-refractivity contribution in [3.05, 3.63) is 12.2 Å². The van der Waals surface area contributed by atoms with Crippen molar-refractivity contribution in [2.45, 2.75) is 42.6 Å². The molecule has 2 aliphatic heterocycles. The van der Waals surface area contributed by atoms with Gasteiger partial charge in [0.25, 0.3) is 0 Å². The van der Waals surface area contributed by atoms with Crippen molar-refractivity contribution < 1.29 is 14.7 Å². The zero-order chi connectivity index (χ0) is 14.3. The van der Waals surface area contributed by atoms with Crippen molar-refractivity contribution in [2.75, 3.05) is 5.88 Å². The Kier molecular flexibility index (Phi) is 3.86. The lowest BCUT2D eigenvalue weighted by atomic mass is 9.72. The van der Waals surface area contributed by atoms with Gasteiger partial charge < -0.3 is 10.4 Å². The highest BCUT2D eigenvalue weighted by atomic mass is 35.5. The summed E-state index contributed by atoms with van der Waals surface area (Å²) >= 11 is 6.77. The molecule has 3 aliphatic rings. The second kappa shape index (κ2) is 5.35. The fraction of sp³-hybridized carbons (Fsp3) is 0.714. The van der Waals surface area contributed by atoms with Crippen molar-refractivity contribution in [2.24, 2.45) is 11.8 Å². The van der Waals surface area contributed by atoms with E-state index < -0.39 is 10.9 Å². The number of β-lactam (4-membered cyclic amide) rings is 1. The first-order valence-corrected chi connectivity index (χ1v) is 8.41. The minimum atomic E-state index is -0.986. The Hall–Kier alpha value is -0.520. The summed E-state index contributed by atoms with van der Waals surface area (Å²) in [6.07, 6.45) is 6.70. The highest BCUT2D eigenvalue weighted by Crippen LogP contribution is 2.53. The van der Waals surface area contributed by atoms with E-state index in [1.54, 1.807) is 0 Å². The molecule has 2 saturated heterocycles. The fourth-order valence-electron chi connectivity index (χ4n) is 3.51. The molecule has 0 saturated carbocycles. The number of alkyl halides is 1. The summed E-state index contributed by atoms with van der Waals surface area (Å²) in [4.78, 5) is 24.3. The van der Waals surface area contributed by atoms with Gasteiger partial charge in [0.05, 0.1) is 18.1 Å². The van der Waals surface area contributed by atoms with Crippen LogP contribution in [0.4, 0.5) is 0 Å². The monoisotopic (exact) mass is 315 g/mol. The zero-order valence-electron chi connectivity index (χ0n) is 11.0. The molecule has 5 atom stereocenters. The topological polar surface area (TPSA) is 66.4 Å². The van der Waals surface area contributed by atoms with Crippen LogP contribution < -0.4 is 5.32 Å². The van der Waals surface area contributed by atoms with Crippen molar-refractivity contribution in [3.63, 3.8) is 0 Å². The molecule has 0 bridgehead atoms. The molecule has 110 valence electrons. The summed E-state index contributed by atoms with van der Waals surface area (Å²) in [5.41, 5.74) is 0. The fourth-order valence-corrected chi connectivity index (χ4v) is 5.28. The summed E-state index contributed by atoms with van der Waals surface area (Å²) in [5, 5.41) is 13.5. The highest BCUT2D eigenvalue weighted by molar-refractivity contribution is 8.16. The van der Waals surface area contributed by atoms with E-state index in [-0.39, 0.29) is 28.9 Å². The average molecular weight is 316 g/mol. The van der Waals surface area contributed by atoms with Crippen LogP contribution in [-0.4, -0.2) is 38.9 Å². The molecule has 0 aromatic heterocycles. The molecule has 3 rings (SSSR count). The largest absolute Gasteiger partial charge is 0.390 e. The summed E-state index contributed by atoms with van der Waals surface area (Å²) < 4.78 is -0.986. The SMILES string of the molecule is O=C1S[C@@]2([C@@H](O)C3C=CCCC3)C(=O)N[C@H]2C1CCCl. The molecule has 0 aromatic carbocycles. The van der Waals surface area contributed by atoms with Gasteiger partial charge in [-0.3, -0.25) is 9.59 Å². The summed E-state index contributed by atoms with van der Waals surface area (Å²) in [7, 11) is 0. The number of thioether (sulfide) groups is 1. The van der Waals surface area contributed by atoms with Gasteiger partial charge in [-0.25, -0.2) is 0 Å². The quantitative estimate of drug-likeness (QED) is 0.468. The van der Waals surface area contributed by atoms with E-state index in [0.29, 0.717) is 12.3 Å². The molecule has 0 spiro atoms. The maximum atomic E-state index is 12.1. The Morgan fingerprint density at radius 3 is 2.95 bits per heavy atom. The number of aliphatic hydroxyl groups excluding tert-OH is 1. The number of rotatable bonds is 4. The van der Waals surface area contributed by atoms with Gasteiger partial charge in [-0.2, -0.15) is 0 Å². The number of carbonyl (C=O) groups excluding carboxylic acids is 2. The van der Waals surface area contributed by atoms with Crippen molar-refractivity contribution in [1.82, 2.24) is 5.32 Å². The Morgan fingerprint density at radius 1 is 1.55 bits per heavy atom. The van der Waals surface area contributed by atoms with Gasteiger partial charge in [-0.1, -0.05) is 23.9 Å². The van der Waals surface area contributed by atoms with E-state index in [2.05, 4.69) is 11.4 Å². The lowest BCUT2D eigenvalue weighted by Gasteiger charge is -2.48. The first-order valence-electron chi connectivity index (χ1n) is 7.05. The Morgan fingerprint density at radius 2 is 2.35 bits per heavy atom.